The first-order valence-corrected chi connectivity index (χ1v) is 4.98. The molecule has 0 amide bonds. The van der Waals surface area contributed by atoms with Crippen molar-refractivity contribution in [3.8, 4) is 6.07 Å². The fourth-order valence-corrected chi connectivity index (χ4v) is 1.72. The summed E-state index contributed by atoms with van der Waals surface area (Å²) in [4.78, 5) is 11.1. The van der Waals surface area contributed by atoms with Gasteiger partial charge in [0.2, 0.25) is 0 Å². The lowest BCUT2D eigenvalue weighted by Crippen LogP contribution is -2.14. The second-order valence-electron chi connectivity index (χ2n) is 3.99. The minimum Gasteiger partial charge on any atom is -0.295 e. The Labute approximate surface area is 94.5 Å². The van der Waals surface area contributed by atoms with E-state index in [-0.39, 0.29) is 5.78 Å². The minimum absolute atomic E-state index is 0.0294. The van der Waals surface area contributed by atoms with E-state index in [2.05, 4.69) is 6.07 Å². The van der Waals surface area contributed by atoms with E-state index < -0.39 is 5.41 Å². The van der Waals surface area contributed by atoms with Crippen LogP contribution in [0.1, 0.15) is 36.7 Å². The molecule has 0 N–H and O–H groups in total. The van der Waals surface area contributed by atoms with Crippen molar-refractivity contribution in [2.24, 2.45) is 0 Å². The van der Waals surface area contributed by atoms with Gasteiger partial charge in [-0.25, -0.2) is 0 Å². The van der Waals surface area contributed by atoms with Gasteiger partial charge in [0.05, 0.1) is 11.5 Å². The van der Waals surface area contributed by atoms with Gasteiger partial charge in [-0.3, -0.25) is 4.79 Å². The molecule has 0 radical (unpaired) electrons. The maximum atomic E-state index is 11.1. The third-order valence-electron chi connectivity index (χ3n) is 2.33. The van der Waals surface area contributed by atoms with Crippen molar-refractivity contribution < 1.29 is 4.79 Å². The first-order chi connectivity index (χ1) is 6.88. The predicted octanol–water partition coefficient (Wildman–Crippen LogP) is 3.34. The monoisotopic (exact) mass is 221 g/mol. The lowest BCUT2D eigenvalue weighted by molar-refractivity contribution is 0.101. The smallest absolute Gasteiger partial charge is 0.159 e. The van der Waals surface area contributed by atoms with Crippen LogP contribution < -0.4 is 0 Å². The quantitative estimate of drug-likeness (QED) is 0.719. The molecule has 1 rings (SSSR count). The van der Waals surface area contributed by atoms with E-state index in [4.69, 9.17) is 16.9 Å². The van der Waals surface area contributed by atoms with E-state index in [9.17, 15) is 4.79 Å². The lowest BCUT2D eigenvalue weighted by atomic mass is 9.85. The standard InChI is InChI=1S/C12H12ClNO/c1-8(15)9-4-5-10(11(13)6-9)12(2,3)7-14/h4-6H,1-3H3. The normalized spacial score (nSPS) is 10.9. The number of hydrogen-bond acceptors (Lipinski definition) is 2. The Morgan fingerprint density at radius 1 is 1.47 bits per heavy atom. The lowest BCUT2D eigenvalue weighted by Gasteiger charge is -2.17. The summed E-state index contributed by atoms with van der Waals surface area (Å²) in [5.41, 5.74) is 0.681. The van der Waals surface area contributed by atoms with Gasteiger partial charge >= 0.3 is 0 Å². The van der Waals surface area contributed by atoms with Crippen LogP contribution in [0.3, 0.4) is 0 Å². The summed E-state index contributed by atoms with van der Waals surface area (Å²) in [5.74, 6) is -0.0294. The first-order valence-electron chi connectivity index (χ1n) is 4.60. The molecular formula is C12H12ClNO. The van der Waals surface area contributed by atoms with Gasteiger partial charge in [0.15, 0.2) is 5.78 Å². The molecule has 3 heteroatoms. The second kappa shape index (κ2) is 4.04. The Hall–Kier alpha value is -1.33. The molecule has 0 fully saturated rings. The van der Waals surface area contributed by atoms with Gasteiger partial charge in [0.1, 0.15) is 0 Å². The molecule has 15 heavy (non-hydrogen) atoms. The zero-order valence-electron chi connectivity index (χ0n) is 8.97. The first kappa shape index (κ1) is 11.7. The molecule has 0 bridgehead atoms. The molecule has 0 aliphatic carbocycles. The average molecular weight is 222 g/mol. The highest BCUT2D eigenvalue weighted by molar-refractivity contribution is 6.32. The van der Waals surface area contributed by atoms with Gasteiger partial charge in [-0.1, -0.05) is 23.7 Å². The topological polar surface area (TPSA) is 40.9 Å². The highest BCUT2D eigenvalue weighted by Gasteiger charge is 2.22. The van der Waals surface area contributed by atoms with Crippen molar-refractivity contribution in [2.45, 2.75) is 26.2 Å². The van der Waals surface area contributed by atoms with E-state index in [1.165, 1.54) is 6.92 Å². The fourth-order valence-electron chi connectivity index (χ4n) is 1.30. The highest BCUT2D eigenvalue weighted by Crippen LogP contribution is 2.30. The SMILES string of the molecule is CC(=O)c1ccc(C(C)(C)C#N)c(Cl)c1. The number of Topliss-reactive ketones (excluding diaryl/α,β-unsaturated/α-hetero) is 1. The van der Waals surface area contributed by atoms with Crippen LogP contribution in [-0.4, -0.2) is 5.78 Å². The van der Waals surface area contributed by atoms with Crippen LogP contribution in [0.25, 0.3) is 0 Å². The molecule has 78 valence electrons. The molecule has 0 saturated carbocycles. The van der Waals surface area contributed by atoms with Crippen LogP contribution in [0.15, 0.2) is 18.2 Å². The van der Waals surface area contributed by atoms with Crippen molar-refractivity contribution in [3.05, 3.63) is 34.3 Å². The number of ketones is 1. The number of carbonyl (C=O) groups is 1. The molecule has 0 heterocycles. The molecule has 0 aliphatic heterocycles. The Kier molecular flexibility index (Phi) is 3.16. The summed E-state index contributed by atoms with van der Waals surface area (Å²) in [7, 11) is 0. The zero-order valence-corrected chi connectivity index (χ0v) is 9.72. The molecule has 0 spiro atoms. The van der Waals surface area contributed by atoms with Crippen LogP contribution >= 0.6 is 11.6 Å². The van der Waals surface area contributed by atoms with Gasteiger partial charge in [0.25, 0.3) is 0 Å². The van der Waals surface area contributed by atoms with E-state index in [0.717, 1.165) is 5.56 Å². The van der Waals surface area contributed by atoms with Crippen molar-refractivity contribution in [1.82, 2.24) is 0 Å². The molecule has 0 unspecified atom stereocenters. The molecule has 1 aromatic rings. The van der Waals surface area contributed by atoms with Crippen molar-refractivity contribution in [3.63, 3.8) is 0 Å². The molecule has 0 aromatic heterocycles. The Bertz CT molecular complexity index is 443. The van der Waals surface area contributed by atoms with Crippen LogP contribution in [0.4, 0.5) is 0 Å². The summed E-state index contributed by atoms with van der Waals surface area (Å²) in [5, 5.41) is 9.44. The molecule has 1 aromatic carbocycles. The van der Waals surface area contributed by atoms with Crippen LogP contribution in [0.2, 0.25) is 5.02 Å². The van der Waals surface area contributed by atoms with Gasteiger partial charge in [0, 0.05) is 10.6 Å². The van der Waals surface area contributed by atoms with E-state index in [1.807, 2.05) is 0 Å². The molecule has 0 atom stereocenters. The van der Waals surface area contributed by atoms with Gasteiger partial charge < -0.3 is 0 Å². The van der Waals surface area contributed by atoms with Gasteiger partial charge in [-0.05, 0) is 32.4 Å². The molecule has 2 nitrogen and oxygen atoms in total. The van der Waals surface area contributed by atoms with Gasteiger partial charge in [-0.15, -0.1) is 0 Å². The number of nitrogens with zero attached hydrogens (tertiary/aromatic N) is 1. The zero-order chi connectivity index (χ0) is 11.6. The maximum absolute atomic E-state index is 11.1. The van der Waals surface area contributed by atoms with Crippen LogP contribution in [0.5, 0.6) is 0 Å². The van der Waals surface area contributed by atoms with E-state index in [1.54, 1.807) is 32.0 Å². The Morgan fingerprint density at radius 2 is 2.07 bits per heavy atom. The second-order valence-corrected chi connectivity index (χ2v) is 4.39. The average Bonchev–Trinajstić information content (AvgIpc) is 2.17. The highest BCUT2D eigenvalue weighted by atomic mass is 35.5. The van der Waals surface area contributed by atoms with Crippen molar-refractivity contribution >= 4 is 17.4 Å². The molecule has 0 saturated heterocycles. The maximum Gasteiger partial charge on any atom is 0.159 e. The Balaban J connectivity index is 3.27. The summed E-state index contributed by atoms with van der Waals surface area (Å²) < 4.78 is 0. The third kappa shape index (κ3) is 2.37. The largest absolute Gasteiger partial charge is 0.295 e. The summed E-state index contributed by atoms with van der Waals surface area (Å²) >= 11 is 6.03. The summed E-state index contributed by atoms with van der Waals surface area (Å²) in [6, 6.07) is 7.22. The fraction of sp³-hybridized carbons (Fsp3) is 0.333. The number of hydrogen-bond donors (Lipinski definition) is 0. The van der Waals surface area contributed by atoms with Crippen LogP contribution in [-0.2, 0) is 5.41 Å². The summed E-state index contributed by atoms with van der Waals surface area (Å²) in [6.45, 7) is 5.07. The van der Waals surface area contributed by atoms with Crippen molar-refractivity contribution in [2.75, 3.05) is 0 Å². The predicted molar refractivity (Wildman–Crippen MR) is 60.1 cm³/mol. The number of halogens is 1. The number of benzene rings is 1. The number of rotatable bonds is 2. The third-order valence-corrected chi connectivity index (χ3v) is 2.64. The Morgan fingerprint density at radius 3 is 2.47 bits per heavy atom. The van der Waals surface area contributed by atoms with Crippen LogP contribution in [0, 0.1) is 11.3 Å². The number of nitriles is 1. The molecular weight excluding hydrogens is 210 g/mol. The number of carbonyl (C=O) groups excluding carboxylic acids is 1. The van der Waals surface area contributed by atoms with E-state index in [0.29, 0.717) is 10.6 Å². The van der Waals surface area contributed by atoms with E-state index >= 15 is 0 Å². The van der Waals surface area contributed by atoms with Crippen molar-refractivity contribution in [1.29, 1.82) is 5.26 Å². The summed E-state index contributed by atoms with van der Waals surface area (Å²) in [6.07, 6.45) is 0. The van der Waals surface area contributed by atoms with Gasteiger partial charge in [-0.2, -0.15) is 5.26 Å². The molecule has 0 aliphatic rings. The minimum atomic E-state index is -0.633.